The van der Waals surface area contributed by atoms with Gasteiger partial charge in [-0.2, -0.15) is 4.68 Å². The van der Waals surface area contributed by atoms with E-state index in [2.05, 4.69) is 11.7 Å². The Morgan fingerprint density at radius 3 is 2.40 bits per heavy atom. The van der Waals surface area contributed by atoms with Crippen molar-refractivity contribution < 1.29 is 13.5 Å². The van der Waals surface area contributed by atoms with Crippen molar-refractivity contribution >= 4 is 16.3 Å². The molecule has 9 heteroatoms. The maximum atomic E-state index is 15.6. The van der Waals surface area contributed by atoms with Crippen molar-refractivity contribution in [2.45, 2.75) is 40.5 Å². The highest BCUT2D eigenvalue weighted by atomic mass is 19.1. The number of hydrogen-bond acceptors (Lipinski definition) is 4. The van der Waals surface area contributed by atoms with Crippen molar-refractivity contribution in [1.29, 1.82) is 0 Å². The molecule has 5 rings (SSSR count). The van der Waals surface area contributed by atoms with Gasteiger partial charge in [0.2, 0.25) is 0 Å². The predicted molar refractivity (Wildman–Crippen MR) is 151 cm³/mol. The number of rotatable bonds is 8. The summed E-state index contributed by atoms with van der Waals surface area (Å²) in [6.45, 7) is 9.90. The highest BCUT2D eigenvalue weighted by Crippen LogP contribution is 2.27. The van der Waals surface area contributed by atoms with Gasteiger partial charge >= 0.3 is 5.69 Å². The summed E-state index contributed by atoms with van der Waals surface area (Å²) in [5, 5.41) is 4.91. The lowest BCUT2D eigenvalue weighted by Gasteiger charge is -2.14. The van der Waals surface area contributed by atoms with Crippen molar-refractivity contribution in [2.24, 2.45) is 0 Å². The fourth-order valence-electron chi connectivity index (χ4n) is 4.67. The molecule has 0 amide bonds. The van der Waals surface area contributed by atoms with E-state index in [4.69, 9.17) is 4.74 Å². The first-order valence-electron chi connectivity index (χ1n) is 12.8. The number of fused-ring (bicyclic) bond motifs is 1. The number of allylic oxidation sites excluding steroid dienone is 1. The van der Waals surface area contributed by atoms with Crippen molar-refractivity contribution in [1.82, 2.24) is 18.9 Å². The van der Waals surface area contributed by atoms with Gasteiger partial charge in [0, 0.05) is 24.0 Å². The second-order valence-corrected chi connectivity index (χ2v) is 9.61. The number of halogens is 2. The smallest absolute Gasteiger partial charge is 0.350 e. The fraction of sp³-hybridized carbons (Fsp3) is 0.194. The molecule has 0 bridgehead atoms. The SMILES string of the molecule is C=C(C)c1cn(-c2ccc(F)c(C)c2)c(=O)c2cc(F)c(-n3nc(COCc4ccccc4)n(CC)c3=O)cc12. The molecule has 0 atom stereocenters. The minimum atomic E-state index is -0.787. The maximum absolute atomic E-state index is 15.6. The zero-order valence-electron chi connectivity index (χ0n) is 22.4. The summed E-state index contributed by atoms with van der Waals surface area (Å²) in [6, 6.07) is 16.5. The number of hydrogen-bond donors (Lipinski definition) is 0. The van der Waals surface area contributed by atoms with Gasteiger partial charge in [-0.25, -0.2) is 13.6 Å². The number of ether oxygens (including phenoxy) is 1. The van der Waals surface area contributed by atoms with E-state index >= 15 is 4.39 Å². The molecule has 2 heterocycles. The van der Waals surface area contributed by atoms with Crippen molar-refractivity contribution in [2.75, 3.05) is 0 Å². The normalized spacial score (nSPS) is 11.3. The summed E-state index contributed by atoms with van der Waals surface area (Å²) in [7, 11) is 0. The molecule has 0 aliphatic carbocycles. The van der Waals surface area contributed by atoms with Gasteiger partial charge in [-0.1, -0.05) is 36.9 Å². The van der Waals surface area contributed by atoms with Crippen LogP contribution in [0.4, 0.5) is 8.78 Å². The Morgan fingerprint density at radius 2 is 1.73 bits per heavy atom. The first-order chi connectivity index (χ1) is 19.2. The molecule has 2 aromatic heterocycles. The van der Waals surface area contributed by atoms with E-state index in [0.717, 1.165) is 16.3 Å². The molecule has 0 fully saturated rings. The highest BCUT2D eigenvalue weighted by molar-refractivity contribution is 5.94. The number of benzene rings is 3. The molecule has 0 radical (unpaired) electrons. The Hall–Kier alpha value is -4.63. The Balaban J connectivity index is 1.60. The Labute approximate surface area is 229 Å². The Kier molecular flexibility index (Phi) is 7.32. The first kappa shape index (κ1) is 27.0. The molecule has 0 N–H and O–H groups in total. The van der Waals surface area contributed by atoms with Crippen LogP contribution in [0.25, 0.3) is 27.7 Å². The van der Waals surface area contributed by atoms with Gasteiger partial charge in [0.1, 0.15) is 23.9 Å². The third kappa shape index (κ3) is 4.91. The van der Waals surface area contributed by atoms with Gasteiger partial charge < -0.3 is 4.74 Å². The van der Waals surface area contributed by atoms with Crippen molar-refractivity contribution in [3.63, 3.8) is 0 Å². The predicted octanol–water partition coefficient (Wildman–Crippen LogP) is 5.69. The summed E-state index contributed by atoms with van der Waals surface area (Å²) in [5.74, 6) is -0.828. The van der Waals surface area contributed by atoms with Crippen LogP contribution in [0.5, 0.6) is 0 Å². The van der Waals surface area contributed by atoms with Gasteiger partial charge in [0.05, 0.1) is 12.0 Å². The Morgan fingerprint density at radius 1 is 0.975 bits per heavy atom. The molecule has 0 unspecified atom stereocenters. The minimum Gasteiger partial charge on any atom is -0.369 e. The lowest BCUT2D eigenvalue weighted by Crippen LogP contribution is -2.25. The molecule has 0 saturated carbocycles. The van der Waals surface area contributed by atoms with Gasteiger partial charge in [-0.3, -0.25) is 13.9 Å². The molecular formula is C31H28F2N4O3. The van der Waals surface area contributed by atoms with Crippen LogP contribution in [0.1, 0.15) is 36.4 Å². The monoisotopic (exact) mass is 542 g/mol. The Bertz CT molecular complexity index is 1870. The summed E-state index contributed by atoms with van der Waals surface area (Å²) in [6.07, 6.45) is 1.59. The minimum absolute atomic E-state index is 0.0545. The molecule has 0 aliphatic rings. The molecule has 40 heavy (non-hydrogen) atoms. The lowest BCUT2D eigenvalue weighted by atomic mass is 10.0. The van der Waals surface area contributed by atoms with E-state index in [1.54, 1.807) is 33.0 Å². The van der Waals surface area contributed by atoms with E-state index < -0.39 is 22.9 Å². The second-order valence-electron chi connectivity index (χ2n) is 9.61. The summed E-state index contributed by atoms with van der Waals surface area (Å²) >= 11 is 0. The van der Waals surface area contributed by atoms with Crippen LogP contribution in [0.2, 0.25) is 0 Å². The number of aryl methyl sites for hydroxylation is 1. The largest absolute Gasteiger partial charge is 0.369 e. The third-order valence-corrected chi connectivity index (χ3v) is 6.79. The van der Waals surface area contributed by atoms with Crippen LogP contribution in [0.3, 0.4) is 0 Å². The quantitative estimate of drug-likeness (QED) is 0.252. The average molecular weight is 543 g/mol. The second kappa shape index (κ2) is 10.9. The molecular weight excluding hydrogens is 514 g/mol. The van der Waals surface area contributed by atoms with Gasteiger partial charge in [0.25, 0.3) is 5.56 Å². The third-order valence-electron chi connectivity index (χ3n) is 6.79. The van der Waals surface area contributed by atoms with E-state index in [0.29, 0.717) is 46.7 Å². The van der Waals surface area contributed by atoms with Gasteiger partial charge in [0.15, 0.2) is 5.82 Å². The lowest BCUT2D eigenvalue weighted by molar-refractivity contribution is 0.0989. The number of pyridine rings is 1. The molecule has 0 spiro atoms. The van der Waals surface area contributed by atoms with Crippen LogP contribution in [0.15, 0.2) is 83.0 Å². The molecule has 5 aromatic rings. The first-order valence-corrected chi connectivity index (χ1v) is 12.8. The van der Waals surface area contributed by atoms with Crippen LogP contribution < -0.4 is 11.2 Å². The van der Waals surface area contributed by atoms with Crippen LogP contribution in [0, 0.1) is 18.6 Å². The molecule has 0 aliphatic heterocycles. The summed E-state index contributed by atoms with van der Waals surface area (Å²) in [5.41, 5.74) is 1.88. The molecule has 0 saturated heterocycles. The van der Waals surface area contributed by atoms with Crippen LogP contribution >= 0.6 is 0 Å². The van der Waals surface area contributed by atoms with Gasteiger partial charge in [-0.05, 0) is 73.2 Å². The average Bonchev–Trinajstić information content (AvgIpc) is 3.25. The van der Waals surface area contributed by atoms with Crippen LogP contribution in [-0.4, -0.2) is 18.9 Å². The van der Waals surface area contributed by atoms with Crippen molar-refractivity contribution in [3.05, 3.63) is 128 Å². The van der Waals surface area contributed by atoms with E-state index in [-0.39, 0.29) is 17.7 Å². The van der Waals surface area contributed by atoms with E-state index in [1.165, 1.54) is 27.3 Å². The number of aromatic nitrogens is 4. The van der Waals surface area contributed by atoms with Crippen molar-refractivity contribution in [3.8, 4) is 11.4 Å². The fourth-order valence-corrected chi connectivity index (χ4v) is 4.67. The highest BCUT2D eigenvalue weighted by Gasteiger charge is 2.20. The van der Waals surface area contributed by atoms with Gasteiger partial charge in [-0.15, -0.1) is 5.10 Å². The zero-order chi connectivity index (χ0) is 28.6. The maximum Gasteiger partial charge on any atom is 0.350 e. The summed E-state index contributed by atoms with van der Waals surface area (Å²) < 4.78 is 39.0. The molecule has 7 nitrogen and oxygen atoms in total. The summed E-state index contributed by atoms with van der Waals surface area (Å²) in [4.78, 5) is 26.7. The zero-order valence-corrected chi connectivity index (χ0v) is 22.4. The van der Waals surface area contributed by atoms with E-state index in [9.17, 15) is 14.0 Å². The van der Waals surface area contributed by atoms with Crippen LogP contribution in [-0.2, 0) is 24.5 Å². The standard InChI is InChI=1S/C31H28F2N4O3/c1-5-35-29(18-40-17-21-9-7-6-8-10-21)34-37(31(35)39)28-15-23-24(14-27(28)33)30(38)36(16-25(23)19(2)3)22-11-12-26(32)20(4)13-22/h6-16H,2,5,17-18H2,1,3-4H3. The molecule has 3 aromatic carbocycles. The topological polar surface area (TPSA) is 71.0 Å². The van der Waals surface area contributed by atoms with E-state index in [1.807, 2.05) is 30.3 Å². The number of nitrogens with zero attached hydrogens (tertiary/aromatic N) is 4. The molecule has 204 valence electrons.